The van der Waals surface area contributed by atoms with Gasteiger partial charge in [-0.05, 0) is 18.3 Å². The molecular weight excluding hydrogens is 252 g/mol. The molecule has 0 atom stereocenters. The topological polar surface area (TPSA) is 0 Å². The van der Waals surface area contributed by atoms with Crippen LogP contribution in [0, 0.1) is 0 Å². The SMILES string of the molecule is CCc1cc2c(C(C)C)cc(C(C)C)cc2[cH-]1.[Ti]. The fourth-order valence-electron chi connectivity index (χ4n) is 2.45. The Morgan fingerprint density at radius 2 is 1.67 bits per heavy atom. The van der Waals surface area contributed by atoms with Crippen LogP contribution in [0.5, 0.6) is 0 Å². The Balaban J connectivity index is 0.00000162. The van der Waals surface area contributed by atoms with Crippen molar-refractivity contribution in [2.75, 3.05) is 0 Å². The number of hydrogen-bond donors (Lipinski definition) is 0. The Morgan fingerprint density at radius 3 is 2.17 bits per heavy atom. The van der Waals surface area contributed by atoms with Crippen molar-refractivity contribution in [3.63, 3.8) is 0 Å². The molecule has 0 bridgehead atoms. The van der Waals surface area contributed by atoms with Crippen LogP contribution >= 0.6 is 0 Å². The first-order chi connectivity index (χ1) is 8.02. The summed E-state index contributed by atoms with van der Waals surface area (Å²) in [5.41, 5.74) is 4.43. The first-order valence-electron chi connectivity index (χ1n) is 6.76. The second kappa shape index (κ2) is 6.13. The van der Waals surface area contributed by atoms with Gasteiger partial charge in [0.15, 0.2) is 0 Å². The van der Waals surface area contributed by atoms with E-state index in [0.29, 0.717) is 11.8 Å². The van der Waals surface area contributed by atoms with Gasteiger partial charge in [-0.15, -0.1) is 28.5 Å². The van der Waals surface area contributed by atoms with Crippen LogP contribution in [-0.4, -0.2) is 0 Å². The Bertz CT molecular complexity index is 518. The summed E-state index contributed by atoms with van der Waals surface area (Å²) in [5, 5.41) is 2.89. The van der Waals surface area contributed by atoms with E-state index in [1.54, 1.807) is 0 Å². The molecule has 0 saturated heterocycles. The Hall–Kier alpha value is -0.456. The quantitative estimate of drug-likeness (QED) is 0.522. The van der Waals surface area contributed by atoms with E-state index in [1.165, 1.54) is 27.5 Å². The van der Waals surface area contributed by atoms with Crippen LogP contribution in [0.2, 0.25) is 0 Å². The summed E-state index contributed by atoms with van der Waals surface area (Å²) in [4.78, 5) is 0. The van der Waals surface area contributed by atoms with E-state index >= 15 is 0 Å². The van der Waals surface area contributed by atoms with E-state index < -0.39 is 0 Å². The van der Waals surface area contributed by atoms with E-state index in [1.807, 2.05) is 0 Å². The molecule has 0 fully saturated rings. The number of fused-ring (bicyclic) bond motifs is 1. The molecule has 2 rings (SSSR count). The van der Waals surface area contributed by atoms with E-state index in [-0.39, 0.29) is 21.7 Å². The van der Waals surface area contributed by atoms with E-state index in [9.17, 15) is 0 Å². The number of hydrogen-bond acceptors (Lipinski definition) is 0. The van der Waals surface area contributed by atoms with Gasteiger partial charge in [-0.25, -0.2) is 0 Å². The summed E-state index contributed by atoms with van der Waals surface area (Å²) in [5.74, 6) is 1.21. The molecule has 2 aromatic carbocycles. The molecule has 0 radical (unpaired) electrons. The third-order valence-electron chi connectivity index (χ3n) is 3.63. The smallest absolute Gasteiger partial charge is 0 e. The van der Waals surface area contributed by atoms with Crippen molar-refractivity contribution in [1.29, 1.82) is 0 Å². The second-order valence-corrected chi connectivity index (χ2v) is 5.64. The van der Waals surface area contributed by atoms with E-state index in [2.05, 4.69) is 58.9 Å². The monoisotopic (exact) mass is 275 g/mol. The van der Waals surface area contributed by atoms with Crippen molar-refractivity contribution in [1.82, 2.24) is 0 Å². The van der Waals surface area contributed by atoms with Crippen molar-refractivity contribution >= 4 is 10.8 Å². The molecule has 0 aliphatic heterocycles. The summed E-state index contributed by atoms with van der Waals surface area (Å²) in [6, 6.07) is 9.49. The second-order valence-electron chi connectivity index (χ2n) is 5.64. The molecule has 0 heterocycles. The van der Waals surface area contributed by atoms with Gasteiger partial charge in [-0.2, -0.15) is 6.07 Å². The van der Waals surface area contributed by atoms with Gasteiger partial charge in [0.2, 0.25) is 0 Å². The normalized spacial score (nSPS) is 11.3. The summed E-state index contributed by atoms with van der Waals surface area (Å²) in [7, 11) is 0. The molecule has 0 spiro atoms. The molecule has 0 aliphatic rings. The fourth-order valence-corrected chi connectivity index (χ4v) is 2.45. The minimum absolute atomic E-state index is 0. The van der Waals surface area contributed by atoms with Crippen LogP contribution in [0.4, 0.5) is 0 Å². The van der Waals surface area contributed by atoms with Crippen LogP contribution in [0.1, 0.15) is 63.1 Å². The van der Waals surface area contributed by atoms with Gasteiger partial charge in [0, 0.05) is 21.7 Å². The summed E-state index contributed by atoms with van der Waals surface area (Å²) in [6.07, 6.45) is 1.13. The summed E-state index contributed by atoms with van der Waals surface area (Å²) in [6.45, 7) is 11.4. The summed E-state index contributed by atoms with van der Waals surface area (Å²) >= 11 is 0. The molecule has 0 N–H and O–H groups in total. The van der Waals surface area contributed by atoms with Crippen molar-refractivity contribution in [3.05, 3.63) is 41.0 Å². The van der Waals surface area contributed by atoms with Crippen molar-refractivity contribution < 1.29 is 21.7 Å². The van der Waals surface area contributed by atoms with Gasteiger partial charge in [0.25, 0.3) is 0 Å². The zero-order valence-corrected chi connectivity index (χ0v) is 13.7. The maximum Gasteiger partial charge on any atom is 0 e. The zero-order valence-electron chi connectivity index (χ0n) is 12.2. The van der Waals surface area contributed by atoms with E-state index in [0.717, 1.165) is 6.42 Å². The van der Waals surface area contributed by atoms with E-state index in [4.69, 9.17) is 0 Å². The Morgan fingerprint density at radius 1 is 1.00 bits per heavy atom. The van der Waals surface area contributed by atoms with Crippen LogP contribution in [0.3, 0.4) is 0 Å². The van der Waals surface area contributed by atoms with Crippen molar-refractivity contribution in [3.8, 4) is 0 Å². The van der Waals surface area contributed by atoms with Gasteiger partial charge >= 0.3 is 0 Å². The van der Waals surface area contributed by atoms with Crippen LogP contribution in [0.25, 0.3) is 10.8 Å². The first-order valence-corrected chi connectivity index (χ1v) is 6.76. The van der Waals surface area contributed by atoms with Crippen molar-refractivity contribution in [2.45, 2.75) is 52.9 Å². The molecule has 1 heteroatoms. The molecule has 0 unspecified atom stereocenters. The van der Waals surface area contributed by atoms with Crippen LogP contribution < -0.4 is 0 Å². The fraction of sp³-hybridized carbons (Fsp3) is 0.471. The van der Waals surface area contributed by atoms with Crippen LogP contribution in [0.15, 0.2) is 24.3 Å². The van der Waals surface area contributed by atoms with Gasteiger partial charge in [-0.3, -0.25) is 0 Å². The third kappa shape index (κ3) is 2.92. The molecule has 0 aliphatic carbocycles. The Kier molecular flexibility index (Phi) is 5.31. The van der Waals surface area contributed by atoms with Crippen molar-refractivity contribution in [2.24, 2.45) is 0 Å². The predicted molar refractivity (Wildman–Crippen MR) is 77.1 cm³/mol. The average molecular weight is 275 g/mol. The maximum atomic E-state index is 2.40. The molecular formula is C17H23Ti-. The largest absolute Gasteiger partial charge is 0.165 e. The third-order valence-corrected chi connectivity index (χ3v) is 3.63. The molecule has 18 heavy (non-hydrogen) atoms. The number of benzene rings is 1. The number of rotatable bonds is 3. The molecule has 0 nitrogen and oxygen atoms in total. The Labute approximate surface area is 126 Å². The van der Waals surface area contributed by atoms with Gasteiger partial charge < -0.3 is 0 Å². The van der Waals surface area contributed by atoms with Crippen LogP contribution in [-0.2, 0) is 28.1 Å². The molecule has 0 saturated carbocycles. The average Bonchev–Trinajstić information content (AvgIpc) is 2.69. The minimum atomic E-state index is 0. The van der Waals surface area contributed by atoms with Gasteiger partial charge in [0.05, 0.1) is 0 Å². The predicted octanol–water partition coefficient (Wildman–Crippen LogP) is 5.37. The van der Waals surface area contributed by atoms with Gasteiger partial charge in [0.1, 0.15) is 0 Å². The molecule has 2 aromatic rings. The number of aryl methyl sites for hydroxylation is 1. The maximum absolute atomic E-state index is 2.40. The molecule has 0 aromatic heterocycles. The first kappa shape index (κ1) is 15.6. The summed E-state index contributed by atoms with van der Waals surface area (Å²) < 4.78 is 0. The van der Waals surface area contributed by atoms with Gasteiger partial charge in [-0.1, -0.05) is 51.8 Å². The zero-order chi connectivity index (χ0) is 12.6. The minimum Gasteiger partial charge on any atom is -0.165 e. The molecule has 96 valence electrons. The standard InChI is InChI=1S/C17H23.Ti/c1-6-13-7-15-9-14(11(2)3)10-16(12(4)5)17(15)8-13;/h7-12H,6H2,1-5H3;/q-1;. The molecule has 0 amide bonds.